The molecule has 27 heavy (non-hydrogen) atoms. The third-order valence-electron chi connectivity index (χ3n) is 4.22. The molecule has 0 N–H and O–H groups in total. The van der Waals surface area contributed by atoms with Crippen LogP contribution < -0.4 is 4.74 Å². The van der Waals surface area contributed by atoms with E-state index in [0.29, 0.717) is 18.1 Å². The molecule has 1 amide bonds. The molecule has 3 rings (SSSR count). The Kier molecular flexibility index (Phi) is 5.51. The van der Waals surface area contributed by atoms with Crippen molar-refractivity contribution < 1.29 is 14.1 Å². The van der Waals surface area contributed by atoms with Crippen LogP contribution >= 0.6 is 11.6 Å². The number of imidazole rings is 1. The first-order chi connectivity index (χ1) is 12.8. The van der Waals surface area contributed by atoms with Crippen LogP contribution in [-0.4, -0.2) is 32.6 Å². The van der Waals surface area contributed by atoms with E-state index in [1.54, 1.807) is 19.3 Å². The molecule has 0 radical (unpaired) electrons. The number of benzene rings is 1. The second-order valence-corrected chi connectivity index (χ2v) is 6.83. The Morgan fingerprint density at radius 3 is 2.63 bits per heavy atom. The molecule has 1 aromatic carbocycles. The van der Waals surface area contributed by atoms with Crippen molar-refractivity contribution in [2.24, 2.45) is 7.05 Å². The van der Waals surface area contributed by atoms with Crippen molar-refractivity contribution in [2.75, 3.05) is 7.05 Å². The fourth-order valence-electron chi connectivity index (χ4n) is 2.65. The second kappa shape index (κ2) is 7.84. The molecule has 0 atom stereocenters. The van der Waals surface area contributed by atoms with Crippen molar-refractivity contribution in [1.29, 1.82) is 0 Å². The minimum atomic E-state index is -0.244. The molecule has 8 heteroatoms. The number of ether oxygens (including phenoxy) is 1. The van der Waals surface area contributed by atoms with Gasteiger partial charge in [-0.05, 0) is 37.1 Å². The van der Waals surface area contributed by atoms with Gasteiger partial charge in [-0.3, -0.25) is 4.79 Å². The van der Waals surface area contributed by atoms with Crippen LogP contribution in [0.1, 0.15) is 33.2 Å². The zero-order valence-corrected chi connectivity index (χ0v) is 16.4. The van der Waals surface area contributed by atoms with Gasteiger partial charge in [-0.1, -0.05) is 16.8 Å². The molecule has 0 saturated heterocycles. The van der Waals surface area contributed by atoms with Gasteiger partial charge in [0.05, 0.1) is 6.54 Å². The maximum atomic E-state index is 12.5. The minimum absolute atomic E-state index is 0.171. The molecular weight excluding hydrogens is 368 g/mol. The van der Waals surface area contributed by atoms with E-state index in [9.17, 15) is 4.79 Å². The van der Waals surface area contributed by atoms with E-state index >= 15 is 0 Å². The van der Waals surface area contributed by atoms with Crippen molar-refractivity contribution in [3.63, 3.8) is 0 Å². The van der Waals surface area contributed by atoms with Crippen molar-refractivity contribution in [3.8, 4) is 5.75 Å². The van der Waals surface area contributed by atoms with E-state index in [-0.39, 0.29) is 18.2 Å². The molecule has 0 unspecified atom stereocenters. The lowest BCUT2D eigenvalue weighted by molar-refractivity contribution is 0.0770. The summed E-state index contributed by atoms with van der Waals surface area (Å²) in [6.45, 7) is 4.39. The Morgan fingerprint density at radius 1 is 1.30 bits per heavy atom. The summed E-state index contributed by atoms with van der Waals surface area (Å²) >= 11 is 6.16. The molecule has 0 bridgehead atoms. The van der Waals surface area contributed by atoms with Crippen LogP contribution in [0.5, 0.6) is 5.75 Å². The molecule has 2 aromatic heterocycles. The number of amides is 1. The van der Waals surface area contributed by atoms with E-state index in [4.69, 9.17) is 20.9 Å². The molecule has 7 nitrogen and oxygen atoms in total. The number of halogens is 1. The Labute approximate surface area is 162 Å². The third kappa shape index (κ3) is 4.31. The van der Waals surface area contributed by atoms with E-state index in [2.05, 4.69) is 10.1 Å². The Hall–Kier alpha value is -2.80. The van der Waals surface area contributed by atoms with Crippen LogP contribution in [0.2, 0.25) is 5.02 Å². The van der Waals surface area contributed by atoms with Crippen LogP contribution in [-0.2, 0) is 20.2 Å². The first-order valence-electron chi connectivity index (χ1n) is 8.42. The molecule has 0 spiro atoms. The number of hydrogen-bond donors (Lipinski definition) is 0. The van der Waals surface area contributed by atoms with Gasteiger partial charge in [0.1, 0.15) is 18.2 Å². The van der Waals surface area contributed by atoms with Crippen molar-refractivity contribution in [2.45, 2.75) is 27.0 Å². The van der Waals surface area contributed by atoms with E-state index in [1.807, 2.05) is 43.8 Å². The lowest BCUT2D eigenvalue weighted by Gasteiger charge is -2.14. The molecular formula is C19H21ClN4O3. The van der Waals surface area contributed by atoms with Crippen molar-refractivity contribution in [3.05, 3.63) is 64.0 Å². The van der Waals surface area contributed by atoms with Gasteiger partial charge in [0.25, 0.3) is 5.91 Å². The predicted octanol–water partition coefficient (Wildman–Crippen LogP) is 3.53. The summed E-state index contributed by atoms with van der Waals surface area (Å²) in [4.78, 5) is 18.3. The number of aryl methyl sites for hydroxylation is 3. The Bertz CT molecular complexity index is 941. The zero-order valence-electron chi connectivity index (χ0n) is 15.7. The fraction of sp³-hybridized carbons (Fsp3) is 0.316. The van der Waals surface area contributed by atoms with Crippen LogP contribution in [0.3, 0.4) is 0 Å². The SMILES string of the molecule is Cc1cc(OCc2cc(C(=O)N(C)Cc3nccn3C)no2)cc(C)c1Cl. The molecule has 3 aromatic rings. The highest BCUT2D eigenvalue weighted by Crippen LogP contribution is 2.26. The smallest absolute Gasteiger partial charge is 0.276 e. The number of rotatable bonds is 6. The average molecular weight is 389 g/mol. The predicted molar refractivity (Wildman–Crippen MR) is 101 cm³/mol. The topological polar surface area (TPSA) is 73.4 Å². The number of hydrogen-bond acceptors (Lipinski definition) is 5. The second-order valence-electron chi connectivity index (χ2n) is 6.45. The van der Waals surface area contributed by atoms with Gasteiger partial charge in [-0.25, -0.2) is 4.98 Å². The molecule has 142 valence electrons. The van der Waals surface area contributed by atoms with Crippen LogP contribution in [0.15, 0.2) is 35.1 Å². The summed E-state index contributed by atoms with van der Waals surface area (Å²) in [7, 11) is 3.58. The van der Waals surface area contributed by atoms with Gasteiger partial charge >= 0.3 is 0 Å². The monoisotopic (exact) mass is 388 g/mol. The lowest BCUT2D eigenvalue weighted by atomic mass is 10.1. The number of nitrogens with zero attached hydrogens (tertiary/aromatic N) is 4. The van der Waals surface area contributed by atoms with Gasteiger partial charge in [0.2, 0.25) is 0 Å². The molecule has 0 aliphatic carbocycles. The highest BCUT2D eigenvalue weighted by molar-refractivity contribution is 6.32. The van der Waals surface area contributed by atoms with Crippen molar-refractivity contribution in [1.82, 2.24) is 19.6 Å². The van der Waals surface area contributed by atoms with E-state index < -0.39 is 0 Å². The highest BCUT2D eigenvalue weighted by atomic mass is 35.5. The fourth-order valence-corrected chi connectivity index (χ4v) is 2.76. The van der Waals surface area contributed by atoms with E-state index in [1.165, 1.54) is 4.90 Å². The Morgan fingerprint density at radius 2 is 2.00 bits per heavy atom. The maximum Gasteiger partial charge on any atom is 0.276 e. The quantitative estimate of drug-likeness (QED) is 0.645. The van der Waals surface area contributed by atoms with Crippen LogP contribution in [0, 0.1) is 13.8 Å². The van der Waals surface area contributed by atoms with Crippen LogP contribution in [0.25, 0.3) is 0 Å². The summed E-state index contributed by atoms with van der Waals surface area (Å²) < 4.78 is 12.8. The molecule has 2 heterocycles. The summed E-state index contributed by atoms with van der Waals surface area (Å²) in [5.41, 5.74) is 2.11. The first-order valence-corrected chi connectivity index (χ1v) is 8.79. The lowest BCUT2D eigenvalue weighted by Crippen LogP contribution is -2.27. The molecule has 0 aliphatic heterocycles. The number of aromatic nitrogens is 3. The Balaban J connectivity index is 1.62. The molecule has 0 fully saturated rings. The minimum Gasteiger partial charge on any atom is -0.486 e. The molecule has 0 saturated carbocycles. The van der Waals surface area contributed by atoms with Gasteiger partial charge in [-0.15, -0.1) is 0 Å². The van der Waals surface area contributed by atoms with Gasteiger partial charge in [-0.2, -0.15) is 0 Å². The molecule has 0 aliphatic rings. The van der Waals surface area contributed by atoms with Gasteiger partial charge in [0, 0.05) is 37.6 Å². The maximum absolute atomic E-state index is 12.5. The average Bonchev–Trinajstić information content (AvgIpc) is 3.26. The first kappa shape index (κ1) is 19.0. The van der Waals surface area contributed by atoms with Gasteiger partial charge in [0.15, 0.2) is 11.5 Å². The summed E-state index contributed by atoms with van der Waals surface area (Å²) in [5, 5.41) is 4.58. The number of carbonyl (C=O) groups excluding carboxylic acids is 1. The third-order valence-corrected chi connectivity index (χ3v) is 4.81. The van der Waals surface area contributed by atoms with Crippen molar-refractivity contribution >= 4 is 17.5 Å². The summed E-state index contributed by atoms with van der Waals surface area (Å²) in [6.07, 6.45) is 3.53. The standard InChI is InChI=1S/C19H21ClN4O3/c1-12-7-14(8-13(2)18(12)20)26-11-15-9-16(22-27-15)19(25)24(4)10-17-21-5-6-23(17)3/h5-9H,10-11H2,1-4H3. The van der Waals surface area contributed by atoms with E-state index in [0.717, 1.165) is 22.0 Å². The van der Waals surface area contributed by atoms with Crippen LogP contribution in [0.4, 0.5) is 0 Å². The summed E-state index contributed by atoms with van der Waals surface area (Å²) in [6, 6.07) is 5.31. The highest BCUT2D eigenvalue weighted by Gasteiger charge is 2.18. The summed E-state index contributed by atoms with van der Waals surface area (Å²) in [5.74, 6) is 1.69. The largest absolute Gasteiger partial charge is 0.486 e. The van der Waals surface area contributed by atoms with Gasteiger partial charge < -0.3 is 18.7 Å². The zero-order chi connectivity index (χ0) is 19.6. The normalized spacial score (nSPS) is 10.9. The number of carbonyl (C=O) groups is 1.